The standard InChI is InChI=1S/C12H11NO/c14-12(5-6-12)11-3-1-2-9-4-7-13-8-10(9)11/h1-4,7-8,14H,5-6H2. The van der Waals surface area contributed by atoms with E-state index >= 15 is 0 Å². The Kier molecular flexibility index (Phi) is 1.45. The van der Waals surface area contributed by atoms with E-state index in [2.05, 4.69) is 4.98 Å². The molecule has 1 aromatic heterocycles. The van der Waals surface area contributed by atoms with Crippen LogP contribution in [0, 0.1) is 0 Å². The average molecular weight is 185 g/mol. The van der Waals surface area contributed by atoms with E-state index in [1.807, 2.05) is 30.5 Å². The van der Waals surface area contributed by atoms with Crippen LogP contribution in [0.1, 0.15) is 18.4 Å². The predicted octanol–water partition coefficient (Wildman–Crippen LogP) is 2.22. The van der Waals surface area contributed by atoms with Crippen LogP contribution >= 0.6 is 0 Å². The van der Waals surface area contributed by atoms with Gasteiger partial charge < -0.3 is 5.11 Å². The van der Waals surface area contributed by atoms with Gasteiger partial charge in [0.25, 0.3) is 0 Å². The Labute approximate surface area is 82.2 Å². The second kappa shape index (κ2) is 2.55. The lowest BCUT2D eigenvalue weighted by Crippen LogP contribution is -2.04. The first-order valence-electron chi connectivity index (χ1n) is 4.85. The fourth-order valence-corrected chi connectivity index (χ4v) is 1.91. The van der Waals surface area contributed by atoms with E-state index in [0.29, 0.717) is 0 Å². The summed E-state index contributed by atoms with van der Waals surface area (Å²) in [6, 6.07) is 8.02. The van der Waals surface area contributed by atoms with E-state index in [4.69, 9.17) is 0 Å². The molecule has 0 unspecified atom stereocenters. The van der Waals surface area contributed by atoms with Crippen LogP contribution in [0.2, 0.25) is 0 Å². The first kappa shape index (κ1) is 7.94. The molecule has 1 saturated carbocycles. The Morgan fingerprint density at radius 1 is 1.21 bits per heavy atom. The number of nitrogens with zero attached hydrogens (tertiary/aromatic N) is 1. The summed E-state index contributed by atoms with van der Waals surface area (Å²) < 4.78 is 0. The minimum Gasteiger partial charge on any atom is -0.385 e. The molecule has 0 atom stereocenters. The molecule has 3 rings (SSSR count). The Hall–Kier alpha value is -1.41. The highest BCUT2D eigenvalue weighted by molar-refractivity contribution is 5.85. The van der Waals surface area contributed by atoms with Crippen LogP contribution in [0.25, 0.3) is 10.8 Å². The lowest BCUT2D eigenvalue weighted by atomic mass is 10.0. The summed E-state index contributed by atoms with van der Waals surface area (Å²) in [5.41, 5.74) is 0.464. The van der Waals surface area contributed by atoms with Crippen molar-refractivity contribution < 1.29 is 5.11 Å². The monoisotopic (exact) mass is 185 g/mol. The molecule has 1 aromatic carbocycles. The Bertz CT molecular complexity index is 483. The smallest absolute Gasteiger partial charge is 0.0905 e. The van der Waals surface area contributed by atoms with Gasteiger partial charge in [0.15, 0.2) is 0 Å². The van der Waals surface area contributed by atoms with Gasteiger partial charge in [-0.05, 0) is 29.9 Å². The summed E-state index contributed by atoms with van der Waals surface area (Å²) in [7, 11) is 0. The maximum absolute atomic E-state index is 10.1. The van der Waals surface area contributed by atoms with Gasteiger partial charge >= 0.3 is 0 Å². The lowest BCUT2D eigenvalue weighted by molar-refractivity contribution is 0.153. The van der Waals surface area contributed by atoms with Gasteiger partial charge in [-0.3, -0.25) is 4.98 Å². The molecule has 1 aliphatic rings. The maximum Gasteiger partial charge on any atom is 0.0905 e. The molecule has 14 heavy (non-hydrogen) atoms. The van der Waals surface area contributed by atoms with Crippen molar-refractivity contribution in [3.8, 4) is 0 Å². The summed E-state index contributed by atoms with van der Waals surface area (Å²) >= 11 is 0. The largest absolute Gasteiger partial charge is 0.385 e. The molecule has 0 radical (unpaired) electrons. The van der Waals surface area contributed by atoms with E-state index in [9.17, 15) is 5.11 Å². The molecule has 0 amide bonds. The van der Waals surface area contributed by atoms with Gasteiger partial charge in [-0.15, -0.1) is 0 Å². The van der Waals surface area contributed by atoms with Gasteiger partial charge in [-0.2, -0.15) is 0 Å². The molecule has 0 saturated heterocycles. The fourth-order valence-electron chi connectivity index (χ4n) is 1.91. The molecular formula is C12H11NO. The van der Waals surface area contributed by atoms with Gasteiger partial charge in [0, 0.05) is 17.8 Å². The number of pyridine rings is 1. The molecule has 1 fully saturated rings. The van der Waals surface area contributed by atoms with Crippen molar-refractivity contribution in [1.82, 2.24) is 4.98 Å². The van der Waals surface area contributed by atoms with Gasteiger partial charge in [-0.1, -0.05) is 18.2 Å². The van der Waals surface area contributed by atoms with E-state index < -0.39 is 5.60 Å². The molecule has 2 aromatic rings. The first-order valence-corrected chi connectivity index (χ1v) is 4.85. The lowest BCUT2D eigenvalue weighted by Gasteiger charge is -2.10. The fraction of sp³-hybridized carbons (Fsp3) is 0.250. The number of hydrogen-bond acceptors (Lipinski definition) is 2. The molecule has 0 aliphatic heterocycles. The second-order valence-corrected chi connectivity index (χ2v) is 3.93. The van der Waals surface area contributed by atoms with Crippen molar-refractivity contribution in [2.45, 2.75) is 18.4 Å². The summed E-state index contributed by atoms with van der Waals surface area (Å²) in [6.45, 7) is 0. The van der Waals surface area contributed by atoms with Crippen molar-refractivity contribution in [2.75, 3.05) is 0 Å². The van der Waals surface area contributed by atoms with Crippen LogP contribution in [0.3, 0.4) is 0 Å². The number of fused-ring (bicyclic) bond motifs is 1. The van der Waals surface area contributed by atoms with Crippen molar-refractivity contribution >= 4 is 10.8 Å². The van der Waals surface area contributed by atoms with Crippen LogP contribution in [-0.2, 0) is 5.60 Å². The SMILES string of the molecule is OC1(c2cccc3ccncc23)CC1. The number of aliphatic hydroxyl groups is 1. The normalized spacial score (nSPS) is 18.4. The van der Waals surface area contributed by atoms with E-state index in [1.165, 1.54) is 0 Å². The average Bonchev–Trinajstić information content (AvgIpc) is 2.97. The van der Waals surface area contributed by atoms with Crippen molar-refractivity contribution in [2.24, 2.45) is 0 Å². The molecule has 2 nitrogen and oxygen atoms in total. The second-order valence-electron chi connectivity index (χ2n) is 3.93. The molecule has 2 heteroatoms. The van der Waals surface area contributed by atoms with Crippen molar-refractivity contribution in [3.05, 3.63) is 42.2 Å². The number of rotatable bonds is 1. The minimum absolute atomic E-state index is 0.567. The summed E-state index contributed by atoms with van der Waals surface area (Å²) in [5, 5.41) is 12.3. The number of aromatic nitrogens is 1. The third-order valence-corrected chi connectivity index (χ3v) is 2.91. The predicted molar refractivity (Wildman–Crippen MR) is 54.9 cm³/mol. The Morgan fingerprint density at radius 3 is 2.86 bits per heavy atom. The van der Waals surface area contributed by atoms with Crippen LogP contribution in [-0.4, -0.2) is 10.1 Å². The van der Waals surface area contributed by atoms with Crippen LogP contribution in [0.5, 0.6) is 0 Å². The van der Waals surface area contributed by atoms with E-state index in [1.54, 1.807) is 6.20 Å². The molecule has 1 heterocycles. The maximum atomic E-state index is 10.1. The highest BCUT2D eigenvalue weighted by atomic mass is 16.3. The van der Waals surface area contributed by atoms with Crippen LogP contribution in [0.4, 0.5) is 0 Å². The zero-order valence-corrected chi connectivity index (χ0v) is 7.77. The van der Waals surface area contributed by atoms with E-state index in [-0.39, 0.29) is 0 Å². The number of hydrogen-bond donors (Lipinski definition) is 1. The minimum atomic E-state index is -0.567. The summed E-state index contributed by atoms with van der Waals surface area (Å²) in [6.07, 6.45) is 5.37. The molecular weight excluding hydrogens is 174 g/mol. The first-order chi connectivity index (χ1) is 6.80. The molecule has 0 spiro atoms. The quantitative estimate of drug-likeness (QED) is 0.739. The number of benzene rings is 1. The van der Waals surface area contributed by atoms with Crippen molar-refractivity contribution in [1.29, 1.82) is 0 Å². The zero-order valence-electron chi connectivity index (χ0n) is 7.77. The highest BCUT2D eigenvalue weighted by Gasteiger charge is 2.42. The van der Waals surface area contributed by atoms with Gasteiger partial charge in [0.05, 0.1) is 5.60 Å². The van der Waals surface area contributed by atoms with E-state index in [0.717, 1.165) is 29.2 Å². The van der Waals surface area contributed by atoms with Crippen molar-refractivity contribution in [3.63, 3.8) is 0 Å². The van der Waals surface area contributed by atoms with Crippen LogP contribution < -0.4 is 0 Å². The zero-order chi connectivity index (χ0) is 9.60. The van der Waals surface area contributed by atoms with Crippen LogP contribution in [0.15, 0.2) is 36.7 Å². The molecule has 1 aliphatic carbocycles. The molecule has 0 bridgehead atoms. The van der Waals surface area contributed by atoms with Gasteiger partial charge in [0.1, 0.15) is 0 Å². The molecule has 1 N–H and O–H groups in total. The topological polar surface area (TPSA) is 33.1 Å². The summed E-state index contributed by atoms with van der Waals surface area (Å²) in [5.74, 6) is 0. The Balaban J connectivity index is 2.33. The Morgan fingerprint density at radius 2 is 2.07 bits per heavy atom. The third kappa shape index (κ3) is 1.04. The molecule has 70 valence electrons. The summed E-state index contributed by atoms with van der Waals surface area (Å²) in [4.78, 5) is 4.10. The van der Waals surface area contributed by atoms with Gasteiger partial charge in [0.2, 0.25) is 0 Å². The highest BCUT2D eigenvalue weighted by Crippen LogP contribution is 2.47. The van der Waals surface area contributed by atoms with Gasteiger partial charge in [-0.25, -0.2) is 0 Å². The third-order valence-electron chi connectivity index (χ3n) is 2.91.